The summed E-state index contributed by atoms with van der Waals surface area (Å²) in [6.07, 6.45) is 0. The first kappa shape index (κ1) is 35.5. The van der Waals surface area contributed by atoms with E-state index in [2.05, 4.69) is 173 Å². The van der Waals surface area contributed by atoms with Crippen molar-refractivity contribution in [3.8, 4) is 67.8 Å². The van der Waals surface area contributed by atoms with Gasteiger partial charge in [0.05, 0.1) is 27.8 Å². The van der Waals surface area contributed by atoms with Crippen LogP contribution in [0.5, 0.6) is 0 Å². The zero-order chi connectivity index (χ0) is 41.0. The maximum absolute atomic E-state index is 4.95. The molecule has 0 radical (unpaired) electrons. The minimum atomic E-state index is 0.640. The molecule has 290 valence electrons. The van der Waals surface area contributed by atoms with E-state index in [1.807, 2.05) is 60.7 Å². The summed E-state index contributed by atoms with van der Waals surface area (Å²) in [6, 6.07) is 79.4. The van der Waals surface area contributed by atoms with Crippen LogP contribution >= 0.6 is 0 Å². The molecule has 12 rings (SSSR count). The number of hydrogen-bond donors (Lipinski definition) is 0. The lowest BCUT2D eigenvalue weighted by atomic mass is 10.0. The molecular formula is C57H37N5. The third-order valence-electron chi connectivity index (χ3n) is 12.0. The molecular weight excluding hydrogens is 755 g/mol. The second kappa shape index (κ2) is 14.7. The van der Waals surface area contributed by atoms with Gasteiger partial charge in [-0.3, -0.25) is 0 Å². The Bertz CT molecular complexity index is 3530. The topological polar surface area (TPSA) is 48.5 Å². The van der Waals surface area contributed by atoms with Crippen LogP contribution < -0.4 is 0 Å². The fourth-order valence-corrected chi connectivity index (χ4v) is 9.10. The predicted octanol–water partition coefficient (Wildman–Crippen LogP) is 14.4. The number of benzene rings is 9. The third-order valence-corrected chi connectivity index (χ3v) is 12.0. The molecule has 0 fully saturated rings. The highest BCUT2D eigenvalue weighted by Gasteiger charge is 2.22. The molecule has 0 saturated carbocycles. The van der Waals surface area contributed by atoms with E-state index in [1.54, 1.807) is 0 Å². The molecule has 5 nitrogen and oxygen atoms in total. The summed E-state index contributed by atoms with van der Waals surface area (Å²) in [6.45, 7) is 0. The maximum atomic E-state index is 4.95. The van der Waals surface area contributed by atoms with Gasteiger partial charge in [-0.2, -0.15) is 0 Å². The van der Waals surface area contributed by atoms with Crippen LogP contribution in [0.15, 0.2) is 224 Å². The summed E-state index contributed by atoms with van der Waals surface area (Å²) in [5, 5.41) is 4.90. The highest BCUT2D eigenvalue weighted by molar-refractivity contribution is 6.24. The van der Waals surface area contributed by atoms with Gasteiger partial charge in [-0.05, 0) is 47.0 Å². The second-order valence-corrected chi connectivity index (χ2v) is 15.6. The van der Waals surface area contributed by atoms with Crippen molar-refractivity contribution in [2.75, 3.05) is 0 Å². The number of hydrogen-bond acceptors (Lipinski definition) is 3. The van der Waals surface area contributed by atoms with E-state index in [0.29, 0.717) is 17.5 Å². The molecule has 3 aromatic heterocycles. The molecule has 12 aromatic rings. The molecule has 0 aliphatic heterocycles. The minimum absolute atomic E-state index is 0.640. The average molecular weight is 792 g/mol. The fraction of sp³-hybridized carbons (Fsp3) is 0. The van der Waals surface area contributed by atoms with Crippen molar-refractivity contribution in [3.05, 3.63) is 224 Å². The molecule has 0 atom stereocenters. The lowest BCUT2D eigenvalue weighted by Crippen LogP contribution is -2.00. The predicted molar refractivity (Wildman–Crippen MR) is 256 cm³/mol. The molecule has 0 spiro atoms. The number of nitrogens with zero attached hydrogens (tertiary/aromatic N) is 5. The Labute approximate surface area is 358 Å². The first-order chi connectivity index (χ1) is 30.8. The highest BCUT2D eigenvalue weighted by Crippen LogP contribution is 2.43. The minimum Gasteiger partial charge on any atom is -0.307 e. The van der Waals surface area contributed by atoms with Gasteiger partial charge in [-0.15, -0.1) is 0 Å². The molecule has 0 saturated heterocycles. The molecule has 9 aromatic carbocycles. The van der Waals surface area contributed by atoms with E-state index < -0.39 is 0 Å². The standard InChI is InChI=1S/C57H37N5/c1-4-16-40(17-5-1)45-22-10-13-25-50(45)62-52-27-15-12-24-47(52)49-37-36-48-46-23-11-14-26-51(46)61(53(48)54(49)62)44-34-32-39(33-35-44)38-28-30-43(31-29-38)57-59-55(41-18-6-2-7-19-41)58-56(60-57)42-20-8-3-9-21-42/h1-37H. The van der Waals surface area contributed by atoms with Gasteiger partial charge in [-0.1, -0.05) is 194 Å². The van der Waals surface area contributed by atoms with E-state index in [4.69, 9.17) is 15.0 Å². The summed E-state index contributed by atoms with van der Waals surface area (Å²) < 4.78 is 4.94. The van der Waals surface area contributed by atoms with Crippen molar-refractivity contribution in [1.29, 1.82) is 0 Å². The van der Waals surface area contributed by atoms with Crippen LogP contribution in [0.3, 0.4) is 0 Å². The SMILES string of the molecule is c1ccc(-c2nc(-c3ccccc3)nc(-c3ccc(-c4ccc(-n5c6ccccc6c6ccc7c8ccccc8n(-c8ccccc8-c8ccccc8)c7c65)cc4)cc3)n2)cc1. The number of para-hydroxylation sites is 3. The monoisotopic (exact) mass is 791 g/mol. The number of aromatic nitrogens is 5. The Balaban J connectivity index is 0.990. The Morgan fingerprint density at radius 1 is 0.258 bits per heavy atom. The molecule has 62 heavy (non-hydrogen) atoms. The Kier molecular flexibility index (Phi) is 8.42. The normalized spacial score (nSPS) is 11.5. The lowest BCUT2D eigenvalue weighted by Gasteiger charge is -2.16. The van der Waals surface area contributed by atoms with Crippen molar-refractivity contribution in [2.24, 2.45) is 0 Å². The van der Waals surface area contributed by atoms with Gasteiger partial charge >= 0.3 is 0 Å². The largest absolute Gasteiger partial charge is 0.307 e. The zero-order valence-corrected chi connectivity index (χ0v) is 33.6. The smallest absolute Gasteiger partial charge is 0.164 e. The molecule has 0 aliphatic carbocycles. The van der Waals surface area contributed by atoms with Crippen LogP contribution in [0.4, 0.5) is 0 Å². The first-order valence-electron chi connectivity index (χ1n) is 21.0. The molecule has 0 aliphatic rings. The van der Waals surface area contributed by atoms with Crippen LogP contribution in [0.25, 0.3) is 111 Å². The van der Waals surface area contributed by atoms with Crippen LogP contribution in [0.1, 0.15) is 0 Å². The average Bonchev–Trinajstić information content (AvgIpc) is 3.88. The summed E-state index contributed by atoms with van der Waals surface area (Å²) in [4.78, 5) is 14.8. The highest BCUT2D eigenvalue weighted by atomic mass is 15.1. The van der Waals surface area contributed by atoms with Crippen molar-refractivity contribution in [2.45, 2.75) is 0 Å². The van der Waals surface area contributed by atoms with Gasteiger partial charge in [0, 0.05) is 49.5 Å². The second-order valence-electron chi connectivity index (χ2n) is 15.6. The quantitative estimate of drug-likeness (QED) is 0.162. The van der Waals surface area contributed by atoms with Crippen LogP contribution in [0, 0.1) is 0 Å². The summed E-state index contributed by atoms with van der Waals surface area (Å²) in [5.41, 5.74) is 14.4. The Hall–Kier alpha value is -8.41. The molecule has 0 bridgehead atoms. The van der Waals surface area contributed by atoms with E-state index in [-0.39, 0.29) is 0 Å². The van der Waals surface area contributed by atoms with E-state index in [0.717, 1.165) is 39.2 Å². The van der Waals surface area contributed by atoms with Gasteiger partial charge < -0.3 is 9.13 Å². The Morgan fingerprint density at radius 3 is 1.19 bits per heavy atom. The van der Waals surface area contributed by atoms with Gasteiger partial charge in [-0.25, -0.2) is 15.0 Å². The van der Waals surface area contributed by atoms with Crippen molar-refractivity contribution < 1.29 is 0 Å². The third kappa shape index (κ3) is 5.90. The molecule has 5 heteroatoms. The summed E-state index contributed by atoms with van der Waals surface area (Å²) in [5.74, 6) is 1.94. The van der Waals surface area contributed by atoms with Crippen molar-refractivity contribution >= 4 is 43.6 Å². The lowest BCUT2D eigenvalue weighted by molar-refractivity contribution is 1.07. The van der Waals surface area contributed by atoms with Crippen LogP contribution in [-0.4, -0.2) is 24.1 Å². The number of rotatable bonds is 7. The van der Waals surface area contributed by atoms with Crippen LogP contribution in [0.2, 0.25) is 0 Å². The van der Waals surface area contributed by atoms with Gasteiger partial charge in [0.15, 0.2) is 17.5 Å². The fourth-order valence-electron chi connectivity index (χ4n) is 9.10. The van der Waals surface area contributed by atoms with Crippen molar-refractivity contribution in [1.82, 2.24) is 24.1 Å². The first-order valence-corrected chi connectivity index (χ1v) is 21.0. The summed E-state index contributed by atoms with van der Waals surface area (Å²) >= 11 is 0. The Morgan fingerprint density at radius 2 is 0.645 bits per heavy atom. The maximum Gasteiger partial charge on any atom is 0.164 e. The van der Waals surface area contributed by atoms with E-state index >= 15 is 0 Å². The van der Waals surface area contributed by atoms with Crippen LogP contribution in [-0.2, 0) is 0 Å². The molecule has 0 amide bonds. The van der Waals surface area contributed by atoms with Gasteiger partial charge in [0.2, 0.25) is 0 Å². The molecule has 0 N–H and O–H groups in total. The zero-order valence-electron chi connectivity index (χ0n) is 33.6. The van der Waals surface area contributed by atoms with Gasteiger partial charge in [0.1, 0.15) is 0 Å². The summed E-state index contributed by atoms with van der Waals surface area (Å²) in [7, 11) is 0. The molecule has 0 unspecified atom stereocenters. The molecule has 3 heterocycles. The number of fused-ring (bicyclic) bond motifs is 7. The van der Waals surface area contributed by atoms with Crippen molar-refractivity contribution in [3.63, 3.8) is 0 Å². The van der Waals surface area contributed by atoms with Gasteiger partial charge in [0.25, 0.3) is 0 Å². The van der Waals surface area contributed by atoms with E-state index in [9.17, 15) is 0 Å². The van der Waals surface area contributed by atoms with E-state index in [1.165, 1.54) is 54.7 Å².